The molecule has 6 nitrogen and oxygen atoms in total. The van der Waals surface area contributed by atoms with E-state index in [2.05, 4.69) is 4.98 Å². The van der Waals surface area contributed by atoms with E-state index in [0.717, 1.165) is 4.90 Å². The normalized spacial score (nSPS) is 16.1. The van der Waals surface area contributed by atoms with Gasteiger partial charge >= 0.3 is 5.97 Å². The van der Waals surface area contributed by atoms with Crippen molar-refractivity contribution in [3.05, 3.63) is 23.9 Å². The van der Waals surface area contributed by atoms with Crippen LogP contribution in [0.3, 0.4) is 0 Å². The molecule has 2 amide bonds. The number of carbonyl (C=O) groups excluding carboxylic acids is 2. The van der Waals surface area contributed by atoms with Gasteiger partial charge in [-0.2, -0.15) is 0 Å². The van der Waals surface area contributed by atoms with Crippen LogP contribution < -0.4 is 4.90 Å². The molecule has 6 heteroatoms. The Labute approximate surface area is 96.9 Å². The maximum absolute atomic E-state index is 11.7. The molecule has 0 saturated carbocycles. The van der Waals surface area contributed by atoms with Crippen molar-refractivity contribution >= 4 is 23.6 Å². The molecular formula is C11H10N2O4. The van der Waals surface area contributed by atoms with Crippen LogP contribution in [0.1, 0.15) is 29.6 Å². The second-order valence-electron chi connectivity index (χ2n) is 3.66. The van der Waals surface area contributed by atoms with E-state index in [1.807, 2.05) is 0 Å². The molecule has 1 aliphatic heterocycles. The number of carboxylic acids is 1. The third kappa shape index (κ3) is 2.01. The number of amides is 2. The molecule has 88 valence electrons. The van der Waals surface area contributed by atoms with Crippen LogP contribution in [0.5, 0.6) is 0 Å². The molecule has 0 bridgehead atoms. The number of aromatic nitrogens is 1. The number of hydrogen-bond acceptors (Lipinski definition) is 4. The number of rotatable bonds is 2. The fourth-order valence-corrected chi connectivity index (χ4v) is 1.73. The molecule has 1 N–H and O–H groups in total. The number of anilines is 1. The summed E-state index contributed by atoms with van der Waals surface area (Å²) in [6.07, 6.45) is 2.34. The van der Waals surface area contributed by atoms with Gasteiger partial charge in [0, 0.05) is 19.0 Å². The number of piperidine rings is 1. The van der Waals surface area contributed by atoms with Crippen LogP contribution in [-0.4, -0.2) is 27.9 Å². The maximum Gasteiger partial charge on any atom is 0.339 e. The highest BCUT2D eigenvalue weighted by atomic mass is 16.4. The van der Waals surface area contributed by atoms with Crippen LogP contribution in [0.2, 0.25) is 0 Å². The van der Waals surface area contributed by atoms with E-state index >= 15 is 0 Å². The standard InChI is InChI=1S/C11H10N2O4/c14-8-4-1-5-9(15)13(8)10-7(11(16)17)3-2-6-12-10/h2-3,6H,1,4-5H2,(H,16,17). The monoisotopic (exact) mass is 234 g/mol. The quantitative estimate of drug-likeness (QED) is 0.765. The molecule has 2 rings (SSSR count). The van der Waals surface area contributed by atoms with Crippen LogP contribution in [0.4, 0.5) is 5.82 Å². The van der Waals surface area contributed by atoms with Gasteiger partial charge in [-0.25, -0.2) is 14.7 Å². The van der Waals surface area contributed by atoms with Crippen molar-refractivity contribution in [1.82, 2.24) is 4.98 Å². The average molecular weight is 234 g/mol. The molecule has 17 heavy (non-hydrogen) atoms. The zero-order valence-electron chi connectivity index (χ0n) is 8.92. The van der Waals surface area contributed by atoms with Gasteiger partial charge in [0.15, 0.2) is 5.82 Å². The Hall–Kier alpha value is -2.24. The zero-order chi connectivity index (χ0) is 12.4. The number of carbonyl (C=O) groups is 3. The van der Waals surface area contributed by atoms with Gasteiger partial charge < -0.3 is 5.11 Å². The Morgan fingerprint density at radius 2 is 1.94 bits per heavy atom. The van der Waals surface area contributed by atoms with E-state index in [1.54, 1.807) is 0 Å². The van der Waals surface area contributed by atoms with E-state index in [4.69, 9.17) is 5.11 Å². The van der Waals surface area contributed by atoms with Gasteiger partial charge in [0.2, 0.25) is 11.8 Å². The van der Waals surface area contributed by atoms with Crippen molar-refractivity contribution in [2.24, 2.45) is 0 Å². The summed E-state index contributed by atoms with van der Waals surface area (Å²) in [6.45, 7) is 0. The predicted octanol–water partition coefficient (Wildman–Crippen LogP) is 0.823. The number of imide groups is 1. The van der Waals surface area contributed by atoms with E-state index in [0.29, 0.717) is 6.42 Å². The average Bonchev–Trinajstić information content (AvgIpc) is 2.29. The first kappa shape index (κ1) is 11.3. The molecule has 0 unspecified atom stereocenters. The molecule has 0 spiro atoms. The van der Waals surface area contributed by atoms with Crippen LogP contribution in [0.25, 0.3) is 0 Å². The van der Waals surface area contributed by atoms with E-state index in [1.165, 1.54) is 18.3 Å². The van der Waals surface area contributed by atoms with Crippen molar-refractivity contribution in [1.29, 1.82) is 0 Å². The van der Waals surface area contributed by atoms with Crippen LogP contribution in [0, 0.1) is 0 Å². The highest BCUT2D eigenvalue weighted by Gasteiger charge is 2.31. The second kappa shape index (κ2) is 4.32. The molecule has 1 aromatic rings. The van der Waals surface area contributed by atoms with Gasteiger partial charge in [0.25, 0.3) is 0 Å². The number of nitrogens with zero attached hydrogens (tertiary/aromatic N) is 2. The van der Waals surface area contributed by atoms with Gasteiger partial charge in [-0.05, 0) is 18.6 Å². The summed E-state index contributed by atoms with van der Waals surface area (Å²) in [7, 11) is 0. The molecule has 0 atom stereocenters. The molecule has 0 aliphatic carbocycles. The summed E-state index contributed by atoms with van der Waals surface area (Å²) < 4.78 is 0. The first-order valence-electron chi connectivity index (χ1n) is 5.15. The highest BCUT2D eigenvalue weighted by Crippen LogP contribution is 2.23. The van der Waals surface area contributed by atoms with Gasteiger partial charge in [0.05, 0.1) is 0 Å². The van der Waals surface area contributed by atoms with Crippen molar-refractivity contribution in [3.8, 4) is 0 Å². The summed E-state index contributed by atoms with van der Waals surface area (Å²) in [5, 5.41) is 8.98. The van der Waals surface area contributed by atoms with Crippen molar-refractivity contribution < 1.29 is 19.5 Å². The van der Waals surface area contributed by atoms with E-state index in [-0.39, 0.29) is 24.2 Å². The Balaban J connectivity index is 2.48. The molecule has 2 heterocycles. The molecule has 1 fully saturated rings. The predicted molar refractivity (Wildman–Crippen MR) is 57.5 cm³/mol. The Morgan fingerprint density at radius 3 is 2.53 bits per heavy atom. The third-order valence-electron chi connectivity index (χ3n) is 2.51. The molecule has 1 aliphatic rings. The van der Waals surface area contributed by atoms with Crippen LogP contribution in [-0.2, 0) is 9.59 Å². The summed E-state index contributed by atoms with van der Waals surface area (Å²) in [6, 6.07) is 2.77. The minimum Gasteiger partial charge on any atom is -0.478 e. The Bertz CT molecular complexity index is 482. The number of carboxylic acid groups (broad SMARTS) is 1. The number of hydrogen-bond donors (Lipinski definition) is 1. The fraction of sp³-hybridized carbons (Fsp3) is 0.273. The van der Waals surface area contributed by atoms with Crippen molar-refractivity contribution in [3.63, 3.8) is 0 Å². The Morgan fingerprint density at radius 1 is 1.29 bits per heavy atom. The summed E-state index contributed by atoms with van der Waals surface area (Å²) >= 11 is 0. The summed E-state index contributed by atoms with van der Waals surface area (Å²) in [5.41, 5.74) is -0.142. The largest absolute Gasteiger partial charge is 0.478 e. The molecule has 0 radical (unpaired) electrons. The van der Waals surface area contributed by atoms with E-state index < -0.39 is 17.8 Å². The first-order valence-corrected chi connectivity index (χ1v) is 5.15. The van der Waals surface area contributed by atoms with Crippen LogP contribution >= 0.6 is 0 Å². The smallest absolute Gasteiger partial charge is 0.339 e. The molecular weight excluding hydrogens is 224 g/mol. The topological polar surface area (TPSA) is 87.6 Å². The maximum atomic E-state index is 11.7. The van der Waals surface area contributed by atoms with Crippen molar-refractivity contribution in [2.75, 3.05) is 4.90 Å². The van der Waals surface area contributed by atoms with Crippen LogP contribution in [0.15, 0.2) is 18.3 Å². The lowest BCUT2D eigenvalue weighted by Gasteiger charge is -2.24. The van der Waals surface area contributed by atoms with Gasteiger partial charge in [0.1, 0.15) is 5.56 Å². The summed E-state index contributed by atoms with van der Waals surface area (Å²) in [5.74, 6) is -2.10. The fourth-order valence-electron chi connectivity index (χ4n) is 1.73. The lowest BCUT2D eigenvalue weighted by atomic mass is 10.1. The molecule has 1 aromatic heterocycles. The van der Waals surface area contributed by atoms with E-state index in [9.17, 15) is 14.4 Å². The van der Waals surface area contributed by atoms with Crippen molar-refractivity contribution in [2.45, 2.75) is 19.3 Å². The lowest BCUT2D eigenvalue weighted by molar-refractivity contribution is -0.129. The zero-order valence-corrected chi connectivity index (χ0v) is 8.92. The second-order valence-corrected chi connectivity index (χ2v) is 3.66. The Kier molecular flexibility index (Phi) is 2.86. The van der Waals surface area contributed by atoms with Gasteiger partial charge in [-0.3, -0.25) is 9.59 Å². The molecule has 1 saturated heterocycles. The van der Waals surface area contributed by atoms with Gasteiger partial charge in [-0.1, -0.05) is 0 Å². The summed E-state index contributed by atoms with van der Waals surface area (Å²) in [4.78, 5) is 39.0. The third-order valence-corrected chi connectivity index (χ3v) is 2.51. The molecule has 0 aromatic carbocycles. The minimum absolute atomic E-state index is 0.0882. The number of pyridine rings is 1. The first-order chi connectivity index (χ1) is 8.11. The van der Waals surface area contributed by atoms with Gasteiger partial charge in [-0.15, -0.1) is 0 Å². The minimum atomic E-state index is -1.21. The number of aromatic carboxylic acids is 1. The SMILES string of the molecule is O=C(O)c1cccnc1N1C(=O)CCCC1=O. The lowest BCUT2D eigenvalue weighted by Crippen LogP contribution is -2.41. The highest BCUT2D eigenvalue weighted by molar-refractivity contribution is 6.17.